The van der Waals surface area contributed by atoms with Gasteiger partial charge in [-0.15, -0.1) is 0 Å². The summed E-state index contributed by atoms with van der Waals surface area (Å²) in [5.41, 5.74) is 1.72. The van der Waals surface area contributed by atoms with Gasteiger partial charge in [-0.3, -0.25) is 0 Å². The third kappa shape index (κ3) is 4.35. The molecule has 4 aromatic carbocycles. The molecule has 0 amide bonds. The van der Waals surface area contributed by atoms with Gasteiger partial charge in [-0.25, -0.2) is 0 Å². The van der Waals surface area contributed by atoms with E-state index >= 15 is 0 Å². The van der Waals surface area contributed by atoms with Gasteiger partial charge in [-0.1, -0.05) is 0 Å². The molecule has 0 aliphatic rings. The number of ether oxygens (including phenoxy) is 1. The number of hydrogen-bond acceptors (Lipinski definition) is 2. The van der Waals surface area contributed by atoms with Crippen molar-refractivity contribution in [2.24, 2.45) is 0 Å². The van der Waals surface area contributed by atoms with Crippen molar-refractivity contribution in [3.8, 4) is 0 Å². The number of methoxy groups -OCH3 is 1. The van der Waals surface area contributed by atoms with E-state index in [0.29, 0.717) is 5.56 Å². The van der Waals surface area contributed by atoms with Crippen LogP contribution in [-0.4, -0.2) is 13.1 Å². The van der Waals surface area contributed by atoms with Gasteiger partial charge in [0.15, 0.2) is 0 Å². The molecule has 0 unspecified atom stereocenters. The molecule has 0 fully saturated rings. The SMILES string of the molecule is COC(=O)c1ccc(C[PH](c2ccccc2)(c2ccccc2)c2ccccc2)c(Br)c1. The van der Waals surface area contributed by atoms with E-state index in [4.69, 9.17) is 4.74 Å². The molecule has 4 rings (SSSR count). The van der Waals surface area contributed by atoms with Gasteiger partial charge in [-0.05, 0) is 0 Å². The van der Waals surface area contributed by atoms with E-state index < -0.39 is 7.26 Å². The molecule has 31 heavy (non-hydrogen) atoms. The topological polar surface area (TPSA) is 26.3 Å². The minimum atomic E-state index is -2.40. The zero-order valence-electron chi connectivity index (χ0n) is 17.3. The molecule has 156 valence electrons. The van der Waals surface area contributed by atoms with Crippen LogP contribution in [0.25, 0.3) is 0 Å². The molecule has 0 spiro atoms. The fourth-order valence-corrected chi connectivity index (χ4v) is 9.75. The zero-order chi connectivity index (χ0) is 21.7. The summed E-state index contributed by atoms with van der Waals surface area (Å²) in [5, 5.41) is 4.07. The van der Waals surface area contributed by atoms with Crippen molar-refractivity contribution in [1.82, 2.24) is 0 Å². The molecule has 4 heteroatoms. The molecule has 0 heterocycles. The van der Waals surface area contributed by atoms with E-state index in [1.54, 1.807) is 0 Å². The van der Waals surface area contributed by atoms with Crippen molar-refractivity contribution in [1.29, 1.82) is 0 Å². The van der Waals surface area contributed by atoms with Crippen LogP contribution in [0.4, 0.5) is 0 Å². The fraction of sp³-hybridized carbons (Fsp3) is 0.0741. The number of esters is 1. The Labute approximate surface area is 192 Å². The van der Waals surface area contributed by atoms with E-state index in [1.807, 2.05) is 18.2 Å². The van der Waals surface area contributed by atoms with Gasteiger partial charge in [0.25, 0.3) is 0 Å². The van der Waals surface area contributed by atoms with Crippen LogP contribution in [0.2, 0.25) is 0 Å². The molecule has 0 aromatic heterocycles. The number of carbonyl (C=O) groups excluding carboxylic acids is 1. The molecule has 0 aliphatic heterocycles. The number of rotatable bonds is 6. The summed E-state index contributed by atoms with van der Waals surface area (Å²) in [5.74, 6) is -0.329. The molecule has 2 nitrogen and oxygen atoms in total. The van der Waals surface area contributed by atoms with Gasteiger partial charge in [0.2, 0.25) is 0 Å². The van der Waals surface area contributed by atoms with Gasteiger partial charge >= 0.3 is 193 Å². The first-order chi connectivity index (χ1) is 15.1. The number of hydrogen-bond donors (Lipinski definition) is 0. The summed E-state index contributed by atoms with van der Waals surface area (Å²) in [6, 6.07) is 38.2. The Kier molecular flexibility index (Phi) is 6.65. The molecule has 0 N–H and O–H groups in total. The first-order valence-electron chi connectivity index (χ1n) is 10.2. The van der Waals surface area contributed by atoms with Crippen molar-refractivity contribution in [3.05, 3.63) is 125 Å². The summed E-state index contributed by atoms with van der Waals surface area (Å²) in [4.78, 5) is 12.0. The molecule has 0 atom stereocenters. The second-order valence-electron chi connectivity index (χ2n) is 7.48. The molecular weight excluding hydrogens is 467 g/mol. The van der Waals surface area contributed by atoms with Crippen LogP contribution >= 0.6 is 23.2 Å². The van der Waals surface area contributed by atoms with Crippen LogP contribution in [0.15, 0.2) is 114 Å². The van der Waals surface area contributed by atoms with E-state index in [2.05, 4.69) is 107 Å². The third-order valence-corrected chi connectivity index (χ3v) is 11.3. The molecular formula is C27H24BrO2P. The second kappa shape index (κ2) is 9.60. The molecule has 0 aliphatic carbocycles. The van der Waals surface area contributed by atoms with E-state index in [-0.39, 0.29) is 5.97 Å². The summed E-state index contributed by atoms with van der Waals surface area (Å²) < 4.78 is 5.81. The first-order valence-corrected chi connectivity index (χ1v) is 13.2. The molecule has 0 radical (unpaired) electrons. The average Bonchev–Trinajstić information content (AvgIpc) is 2.84. The number of halogens is 1. The van der Waals surface area contributed by atoms with Gasteiger partial charge in [0, 0.05) is 0 Å². The summed E-state index contributed by atoms with van der Waals surface area (Å²) in [7, 11) is -0.990. The number of carbonyl (C=O) groups is 1. The van der Waals surface area contributed by atoms with Gasteiger partial charge < -0.3 is 0 Å². The molecule has 4 aromatic rings. The van der Waals surface area contributed by atoms with Crippen LogP contribution in [-0.2, 0) is 10.9 Å². The van der Waals surface area contributed by atoms with Crippen LogP contribution in [0.3, 0.4) is 0 Å². The number of benzene rings is 4. The normalized spacial score (nSPS) is 11.7. The third-order valence-electron chi connectivity index (χ3n) is 5.73. The summed E-state index contributed by atoms with van der Waals surface area (Å²) >= 11 is 3.73. The Bertz CT molecular complexity index is 1070. The first kappa shape index (κ1) is 21.5. The van der Waals surface area contributed by atoms with Crippen LogP contribution < -0.4 is 15.9 Å². The Morgan fingerprint density at radius 1 is 0.742 bits per heavy atom. The Hall–Kier alpha value is -2.74. The Balaban J connectivity index is 1.94. The second-order valence-corrected chi connectivity index (χ2v) is 12.2. The molecule has 0 saturated heterocycles. The van der Waals surface area contributed by atoms with Gasteiger partial charge in [-0.2, -0.15) is 0 Å². The maximum absolute atomic E-state index is 12.0. The van der Waals surface area contributed by atoms with Crippen molar-refractivity contribution in [3.63, 3.8) is 0 Å². The van der Waals surface area contributed by atoms with Crippen LogP contribution in [0.1, 0.15) is 15.9 Å². The van der Waals surface area contributed by atoms with Crippen LogP contribution in [0, 0.1) is 0 Å². The van der Waals surface area contributed by atoms with Crippen molar-refractivity contribution in [2.45, 2.75) is 6.16 Å². The molecule has 0 bridgehead atoms. The van der Waals surface area contributed by atoms with E-state index in [0.717, 1.165) is 10.6 Å². The fourth-order valence-electron chi connectivity index (χ4n) is 4.20. The maximum atomic E-state index is 12.0. The van der Waals surface area contributed by atoms with Gasteiger partial charge in [0.05, 0.1) is 0 Å². The van der Waals surface area contributed by atoms with Crippen molar-refractivity contribution >= 4 is 45.1 Å². The predicted octanol–water partition coefficient (Wildman–Crippen LogP) is 5.46. The van der Waals surface area contributed by atoms with Crippen LogP contribution in [0.5, 0.6) is 0 Å². The zero-order valence-corrected chi connectivity index (χ0v) is 19.9. The predicted molar refractivity (Wildman–Crippen MR) is 136 cm³/mol. The average molecular weight is 491 g/mol. The Morgan fingerprint density at radius 3 is 1.58 bits per heavy atom. The summed E-state index contributed by atoms with van der Waals surface area (Å²) in [6.45, 7) is 0. The van der Waals surface area contributed by atoms with Crippen molar-refractivity contribution < 1.29 is 9.53 Å². The molecule has 0 saturated carbocycles. The van der Waals surface area contributed by atoms with E-state index in [1.165, 1.54) is 28.6 Å². The minimum absolute atomic E-state index is 0.329. The quantitative estimate of drug-likeness (QED) is 0.265. The Morgan fingerprint density at radius 2 is 1.19 bits per heavy atom. The summed E-state index contributed by atoms with van der Waals surface area (Å²) in [6.07, 6.45) is 0.868. The standard InChI is InChI=1S/C27H24BrO2P/c1-30-27(29)21-17-18-22(26(28)19-21)20-31(23-11-5-2-6-12-23,24-13-7-3-8-14-24)25-15-9-4-10-16-25/h2-19,31H,20H2,1H3. The van der Waals surface area contributed by atoms with Gasteiger partial charge in [0.1, 0.15) is 0 Å². The monoisotopic (exact) mass is 490 g/mol. The van der Waals surface area contributed by atoms with E-state index in [9.17, 15) is 4.79 Å². The van der Waals surface area contributed by atoms with Crippen molar-refractivity contribution in [2.75, 3.05) is 7.11 Å².